The SMILES string of the molecule is CCOC(=O)C1=C(COCCN)NC(C)=C(C(=O)OC)[C@@H]1c1ccccc1Cl.O. The Balaban J connectivity index is 0.00000420. The standard InChI is InChI=1S/C20H25ClN2O5.H2O/c1-4-28-20(25)18-15(11-27-10-9-22)23-12(2)16(19(24)26-3)17(18)13-7-5-6-8-14(13)21;/h5-8,17,23H,4,9-11,22H2,1-3H3;1H2/t17-;/m0./s1. The third kappa shape index (κ3) is 5.57. The van der Waals surface area contributed by atoms with Crippen LogP contribution >= 0.6 is 11.6 Å². The molecule has 0 bridgehead atoms. The second kappa shape index (κ2) is 11.6. The Morgan fingerprint density at radius 1 is 1.21 bits per heavy atom. The van der Waals surface area contributed by atoms with Crippen molar-refractivity contribution >= 4 is 23.5 Å². The number of hydrogen-bond acceptors (Lipinski definition) is 7. The molecule has 0 aliphatic carbocycles. The van der Waals surface area contributed by atoms with Crippen molar-refractivity contribution in [1.82, 2.24) is 5.32 Å². The van der Waals surface area contributed by atoms with Crippen molar-refractivity contribution in [3.05, 3.63) is 57.4 Å². The van der Waals surface area contributed by atoms with E-state index in [4.69, 9.17) is 31.5 Å². The highest BCUT2D eigenvalue weighted by Gasteiger charge is 2.39. The molecule has 0 radical (unpaired) electrons. The molecule has 0 saturated carbocycles. The lowest BCUT2D eigenvalue weighted by atomic mass is 9.80. The van der Waals surface area contributed by atoms with E-state index in [1.54, 1.807) is 38.1 Å². The number of carbonyl (C=O) groups is 2. The Morgan fingerprint density at radius 3 is 2.48 bits per heavy atom. The highest BCUT2D eigenvalue weighted by atomic mass is 35.5. The van der Waals surface area contributed by atoms with Crippen molar-refractivity contribution in [2.24, 2.45) is 5.73 Å². The number of methoxy groups -OCH3 is 1. The summed E-state index contributed by atoms with van der Waals surface area (Å²) < 4.78 is 15.8. The predicted octanol–water partition coefficient (Wildman–Crippen LogP) is 1.44. The lowest BCUT2D eigenvalue weighted by molar-refractivity contribution is -0.139. The van der Waals surface area contributed by atoms with Gasteiger partial charge in [0.2, 0.25) is 0 Å². The van der Waals surface area contributed by atoms with Gasteiger partial charge in [-0.05, 0) is 25.5 Å². The van der Waals surface area contributed by atoms with Crippen LogP contribution in [0.2, 0.25) is 5.02 Å². The summed E-state index contributed by atoms with van der Waals surface area (Å²) in [6.45, 7) is 4.42. The summed E-state index contributed by atoms with van der Waals surface area (Å²) in [5, 5.41) is 3.52. The molecule has 0 saturated heterocycles. The van der Waals surface area contributed by atoms with Gasteiger partial charge in [0.1, 0.15) is 0 Å². The van der Waals surface area contributed by atoms with Gasteiger partial charge in [-0.1, -0.05) is 29.8 Å². The number of carbonyl (C=O) groups excluding carboxylic acids is 2. The molecule has 2 rings (SSSR count). The lowest BCUT2D eigenvalue weighted by Gasteiger charge is -2.31. The van der Waals surface area contributed by atoms with Crippen molar-refractivity contribution in [3.8, 4) is 0 Å². The molecule has 1 atom stereocenters. The summed E-state index contributed by atoms with van der Waals surface area (Å²) in [5.41, 5.74) is 7.70. The first-order chi connectivity index (χ1) is 13.5. The second-order valence-electron chi connectivity index (χ2n) is 6.06. The third-order valence-corrected chi connectivity index (χ3v) is 4.61. The number of allylic oxidation sites excluding steroid dienone is 1. The van der Waals surface area contributed by atoms with Gasteiger partial charge in [0.15, 0.2) is 0 Å². The van der Waals surface area contributed by atoms with E-state index >= 15 is 0 Å². The highest BCUT2D eigenvalue weighted by molar-refractivity contribution is 6.31. The van der Waals surface area contributed by atoms with Crippen LogP contribution < -0.4 is 11.1 Å². The van der Waals surface area contributed by atoms with Gasteiger partial charge in [-0.15, -0.1) is 0 Å². The maximum Gasteiger partial charge on any atom is 0.336 e. The molecular weight excluding hydrogens is 400 g/mol. The molecule has 0 fully saturated rings. The second-order valence-corrected chi connectivity index (χ2v) is 6.47. The van der Waals surface area contributed by atoms with Crippen molar-refractivity contribution in [2.75, 3.05) is 33.5 Å². The Labute approximate surface area is 174 Å². The van der Waals surface area contributed by atoms with E-state index in [1.807, 2.05) is 0 Å². The number of nitrogens with one attached hydrogen (secondary N) is 1. The van der Waals surface area contributed by atoms with Gasteiger partial charge in [0, 0.05) is 17.3 Å². The normalized spacial score (nSPS) is 16.1. The summed E-state index contributed by atoms with van der Waals surface area (Å²) in [4.78, 5) is 25.5. The first-order valence-corrected chi connectivity index (χ1v) is 9.32. The number of rotatable bonds is 8. The number of benzene rings is 1. The van der Waals surface area contributed by atoms with Crippen LogP contribution in [-0.2, 0) is 23.8 Å². The van der Waals surface area contributed by atoms with Gasteiger partial charge in [-0.25, -0.2) is 9.59 Å². The van der Waals surface area contributed by atoms with Crippen molar-refractivity contribution in [3.63, 3.8) is 0 Å². The maximum atomic E-state index is 12.9. The van der Waals surface area contributed by atoms with Crippen molar-refractivity contribution < 1.29 is 29.3 Å². The van der Waals surface area contributed by atoms with E-state index < -0.39 is 17.9 Å². The molecule has 0 unspecified atom stereocenters. The third-order valence-electron chi connectivity index (χ3n) is 4.27. The van der Waals surface area contributed by atoms with Gasteiger partial charge in [0.05, 0.1) is 49.7 Å². The topological polar surface area (TPSA) is 131 Å². The molecule has 9 heteroatoms. The van der Waals surface area contributed by atoms with Crippen LogP contribution in [0.4, 0.5) is 0 Å². The first kappa shape index (κ1) is 24.6. The Hall–Kier alpha value is -2.39. The largest absolute Gasteiger partial charge is 0.466 e. The van der Waals surface area contributed by atoms with Gasteiger partial charge in [-0.2, -0.15) is 0 Å². The van der Waals surface area contributed by atoms with Gasteiger partial charge in [-0.3, -0.25) is 0 Å². The van der Waals surface area contributed by atoms with E-state index in [-0.39, 0.29) is 24.3 Å². The summed E-state index contributed by atoms with van der Waals surface area (Å²) in [6, 6.07) is 7.05. The number of halogens is 1. The Kier molecular flexibility index (Phi) is 9.84. The summed E-state index contributed by atoms with van der Waals surface area (Å²) in [6.07, 6.45) is 0. The summed E-state index contributed by atoms with van der Waals surface area (Å²) >= 11 is 6.42. The smallest absolute Gasteiger partial charge is 0.336 e. The molecule has 0 amide bonds. The van der Waals surface area contributed by atoms with Crippen LogP contribution in [-0.4, -0.2) is 50.9 Å². The zero-order valence-electron chi connectivity index (χ0n) is 16.7. The van der Waals surface area contributed by atoms with Gasteiger partial charge in [0.25, 0.3) is 0 Å². The van der Waals surface area contributed by atoms with Crippen LogP contribution in [0, 0.1) is 0 Å². The zero-order chi connectivity index (χ0) is 20.7. The number of nitrogens with two attached hydrogens (primary N) is 1. The Bertz CT molecular complexity index is 806. The van der Waals surface area contributed by atoms with Crippen molar-refractivity contribution in [1.29, 1.82) is 0 Å². The average Bonchev–Trinajstić information content (AvgIpc) is 2.67. The molecule has 29 heavy (non-hydrogen) atoms. The minimum Gasteiger partial charge on any atom is -0.466 e. The van der Waals surface area contributed by atoms with E-state index in [0.717, 1.165) is 0 Å². The molecule has 0 spiro atoms. The van der Waals surface area contributed by atoms with Crippen LogP contribution in [0.25, 0.3) is 0 Å². The van der Waals surface area contributed by atoms with Crippen molar-refractivity contribution in [2.45, 2.75) is 19.8 Å². The number of dihydropyridines is 1. The zero-order valence-corrected chi connectivity index (χ0v) is 17.5. The van der Waals surface area contributed by atoms with E-state index in [0.29, 0.717) is 40.7 Å². The fourth-order valence-corrected chi connectivity index (χ4v) is 3.36. The molecule has 1 aromatic rings. The maximum absolute atomic E-state index is 12.9. The molecular formula is C20H27ClN2O6. The van der Waals surface area contributed by atoms with Crippen LogP contribution in [0.1, 0.15) is 25.3 Å². The average molecular weight is 427 g/mol. The quantitative estimate of drug-likeness (QED) is 0.474. The predicted molar refractivity (Wildman–Crippen MR) is 109 cm³/mol. The van der Waals surface area contributed by atoms with Crippen LogP contribution in [0.5, 0.6) is 0 Å². The highest BCUT2D eigenvalue weighted by Crippen LogP contribution is 2.41. The fourth-order valence-electron chi connectivity index (χ4n) is 3.12. The van der Waals surface area contributed by atoms with E-state index in [9.17, 15) is 9.59 Å². The first-order valence-electron chi connectivity index (χ1n) is 8.94. The minimum absolute atomic E-state index is 0. The molecule has 0 aromatic heterocycles. The molecule has 1 heterocycles. The van der Waals surface area contributed by atoms with Gasteiger partial charge >= 0.3 is 11.9 Å². The van der Waals surface area contributed by atoms with E-state index in [1.165, 1.54) is 7.11 Å². The number of ether oxygens (including phenoxy) is 3. The lowest BCUT2D eigenvalue weighted by Crippen LogP contribution is -2.35. The van der Waals surface area contributed by atoms with Crippen LogP contribution in [0.3, 0.4) is 0 Å². The number of hydrogen-bond donors (Lipinski definition) is 2. The van der Waals surface area contributed by atoms with Gasteiger partial charge < -0.3 is 30.7 Å². The molecule has 1 aromatic carbocycles. The molecule has 160 valence electrons. The molecule has 1 aliphatic rings. The summed E-state index contributed by atoms with van der Waals surface area (Å²) in [7, 11) is 1.29. The van der Waals surface area contributed by atoms with Crippen LogP contribution in [0.15, 0.2) is 46.8 Å². The minimum atomic E-state index is -0.752. The molecule has 5 N–H and O–H groups in total. The Morgan fingerprint density at radius 2 is 1.90 bits per heavy atom. The molecule has 1 aliphatic heterocycles. The summed E-state index contributed by atoms with van der Waals surface area (Å²) in [5.74, 6) is -1.86. The number of esters is 2. The van der Waals surface area contributed by atoms with E-state index in [2.05, 4.69) is 5.32 Å². The monoisotopic (exact) mass is 426 g/mol. The fraction of sp³-hybridized carbons (Fsp3) is 0.400. The molecule has 8 nitrogen and oxygen atoms in total.